The second-order valence-corrected chi connectivity index (χ2v) is 3.32. The molecule has 0 bridgehead atoms. The summed E-state index contributed by atoms with van der Waals surface area (Å²) in [6.45, 7) is 0. The fourth-order valence-electron chi connectivity index (χ4n) is 0.928. The average molecular weight is 270 g/mol. The van der Waals surface area contributed by atoms with Gasteiger partial charge in [0.1, 0.15) is 9.77 Å². The van der Waals surface area contributed by atoms with E-state index in [0.717, 1.165) is 3.70 Å². The van der Waals surface area contributed by atoms with Crippen molar-refractivity contribution < 1.29 is 0 Å². The van der Waals surface area contributed by atoms with Crippen molar-refractivity contribution in [1.29, 1.82) is 5.26 Å². The predicted molar refractivity (Wildman–Crippen MR) is 50.4 cm³/mol. The number of hydrogen-bond donors (Lipinski definition) is 0. The van der Waals surface area contributed by atoms with Gasteiger partial charge in [-0.15, -0.1) is 0 Å². The molecule has 0 fully saturated rings. The molecule has 0 aromatic carbocycles. The maximum Gasteiger partial charge on any atom is 0.159 e. The standard InChI is InChI=1S/C7H3IN4/c8-6-4-12-3-5(1-9)11-7(12)2-10-6/h2-4H. The summed E-state index contributed by atoms with van der Waals surface area (Å²) >= 11 is 2.11. The molecule has 0 saturated carbocycles. The molecule has 0 atom stereocenters. The highest BCUT2D eigenvalue weighted by molar-refractivity contribution is 14.1. The Hall–Kier alpha value is -1.16. The van der Waals surface area contributed by atoms with Crippen molar-refractivity contribution in [2.24, 2.45) is 0 Å². The largest absolute Gasteiger partial charge is 0.302 e. The summed E-state index contributed by atoms with van der Waals surface area (Å²) in [5.74, 6) is 0. The molecule has 0 aliphatic rings. The van der Waals surface area contributed by atoms with Crippen molar-refractivity contribution in [2.45, 2.75) is 0 Å². The SMILES string of the molecule is N#Cc1cn2cc(I)ncc2n1. The highest BCUT2D eigenvalue weighted by atomic mass is 127. The van der Waals surface area contributed by atoms with Crippen LogP contribution in [0.15, 0.2) is 18.6 Å². The maximum absolute atomic E-state index is 8.56. The van der Waals surface area contributed by atoms with Crippen LogP contribution >= 0.6 is 22.6 Å². The van der Waals surface area contributed by atoms with Crippen LogP contribution in [0.1, 0.15) is 5.69 Å². The van der Waals surface area contributed by atoms with Gasteiger partial charge in [-0.1, -0.05) is 0 Å². The van der Waals surface area contributed by atoms with Crippen molar-refractivity contribution in [2.75, 3.05) is 0 Å². The Balaban J connectivity index is 2.77. The summed E-state index contributed by atoms with van der Waals surface area (Å²) in [5.41, 5.74) is 1.12. The van der Waals surface area contributed by atoms with Gasteiger partial charge in [0.05, 0.1) is 6.20 Å². The second kappa shape index (κ2) is 2.71. The van der Waals surface area contributed by atoms with Crippen LogP contribution in [0.4, 0.5) is 0 Å². The van der Waals surface area contributed by atoms with Crippen LogP contribution in [0.3, 0.4) is 0 Å². The molecule has 0 saturated heterocycles. The third-order valence-electron chi connectivity index (χ3n) is 1.42. The Kier molecular flexibility index (Phi) is 1.69. The smallest absolute Gasteiger partial charge is 0.159 e. The lowest BCUT2D eigenvalue weighted by Crippen LogP contribution is -1.86. The maximum atomic E-state index is 8.56. The number of fused-ring (bicyclic) bond motifs is 1. The fraction of sp³-hybridized carbons (Fsp3) is 0. The molecule has 4 nitrogen and oxygen atoms in total. The van der Waals surface area contributed by atoms with Gasteiger partial charge in [0.25, 0.3) is 0 Å². The van der Waals surface area contributed by atoms with Crippen molar-refractivity contribution in [3.8, 4) is 6.07 Å². The Bertz CT molecular complexity index is 468. The van der Waals surface area contributed by atoms with Crippen molar-refractivity contribution in [3.05, 3.63) is 28.0 Å². The molecule has 0 N–H and O–H groups in total. The van der Waals surface area contributed by atoms with Crippen LogP contribution in [0.25, 0.3) is 5.65 Å². The number of imidazole rings is 1. The van der Waals surface area contributed by atoms with Crippen LogP contribution in [0.2, 0.25) is 0 Å². The summed E-state index contributed by atoms with van der Waals surface area (Å²) in [7, 11) is 0. The Morgan fingerprint density at radius 1 is 1.50 bits per heavy atom. The average Bonchev–Trinajstić information content (AvgIpc) is 2.46. The molecule has 2 rings (SSSR count). The van der Waals surface area contributed by atoms with Gasteiger partial charge < -0.3 is 4.40 Å². The van der Waals surface area contributed by atoms with E-state index in [2.05, 4.69) is 32.6 Å². The van der Waals surface area contributed by atoms with E-state index in [1.807, 2.05) is 12.3 Å². The normalized spacial score (nSPS) is 10.0. The minimum absolute atomic E-state index is 0.416. The number of nitriles is 1. The van der Waals surface area contributed by atoms with E-state index in [1.54, 1.807) is 16.8 Å². The number of halogens is 1. The van der Waals surface area contributed by atoms with Gasteiger partial charge in [-0.25, -0.2) is 9.97 Å². The lowest BCUT2D eigenvalue weighted by Gasteiger charge is -1.90. The first-order valence-corrected chi connectivity index (χ1v) is 4.28. The zero-order valence-corrected chi connectivity index (χ0v) is 8.06. The molecule has 0 amide bonds. The molecule has 0 spiro atoms. The number of hydrogen-bond acceptors (Lipinski definition) is 3. The lowest BCUT2D eigenvalue weighted by atomic mass is 10.5. The lowest BCUT2D eigenvalue weighted by molar-refractivity contribution is 1.10. The molecular formula is C7H3IN4. The van der Waals surface area contributed by atoms with Gasteiger partial charge in [0, 0.05) is 12.4 Å². The van der Waals surface area contributed by atoms with E-state index in [9.17, 15) is 0 Å². The molecule has 2 aromatic rings. The Morgan fingerprint density at radius 3 is 3.08 bits per heavy atom. The van der Waals surface area contributed by atoms with Gasteiger partial charge in [-0.05, 0) is 22.6 Å². The summed E-state index contributed by atoms with van der Waals surface area (Å²) in [5, 5.41) is 8.56. The molecule has 0 aliphatic heterocycles. The summed E-state index contributed by atoms with van der Waals surface area (Å²) in [6.07, 6.45) is 5.14. The molecule has 0 unspecified atom stereocenters. The molecule has 58 valence electrons. The Morgan fingerprint density at radius 2 is 2.33 bits per heavy atom. The quantitative estimate of drug-likeness (QED) is 0.676. The third kappa shape index (κ3) is 1.14. The van der Waals surface area contributed by atoms with Crippen LogP contribution in [0, 0.1) is 15.0 Å². The first-order valence-electron chi connectivity index (χ1n) is 3.20. The number of aromatic nitrogens is 3. The zero-order valence-electron chi connectivity index (χ0n) is 5.90. The molecule has 0 radical (unpaired) electrons. The van der Waals surface area contributed by atoms with E-state index in [4.69, 9.17) is 5.26 Å². The number of rotatable bonds is 0. The van der Waals surface area contributed by atoms with Gasteiger partial charge >= 0.3 is 0 Å². The van der Waals surface area contributed by atoms with E-state index < -0.39 is 0 Å². The van der Waals surface area contributed by atoms with E-state index >= 15 is 0 Å². The molecule has 0 aliphatic carbocycles. The Labute approximate surface area is 82.0 Å². The minimum atomic E-state index is 0.416. The third-order valence-corrected chi connectivity index (χ3v) is 1.98. The first-order chi connectivity index (χ1) is 5.79. The molecule has 5 heteroatoms. The van der Waals surface area contributed by atoms with E-state index in [-0.39, 0.29) is 0 Å². The monoisotopic (exact) mass is 270 g/mol. The zero-order chi connectivity index (χ0) is 8.55. The van der Waals surface area contributed by atoms with Gasteiger partial charge in [0.2, 0.25) is 0 Å². The second-order valence-electron chi connectivity index (χ2n) is 2.21. The highest BCUT2D eigenvalue weighted by Gasteiger charge is 1.99. The first kappa shape index (κ1) is 7.49. The van der Waals surface area contributed by atoms with E-state index in [1.165, 1.54) is 0 Å². The molecule has 2 aromatic heterocycles. The van der Waals surface area contributed by atoms with Crippen molar-refractivity contribution >= 4 is 28.2 Å². The minimum Gasteiger partial charge on any atom is -0.302 e. The van der Waals surface area contributed by atoms with Crippen molar-refractivity contribution in [3.63, 3.8) is 0 Å². The fourth-order valence-corrected chi connectivity index (χ4v) is 1.37. The van der Waals surface area contributed by atoms with Crippen LogP contribution in [-0.2, 0) is 0 Å². The van der Waals surface area contributed by atoms with Gasteiger partial charge in [0.15, 0.2) is 11.3 Å². The van der Waals surface area contributed by atoms with Gasteiger partial charge in [-0.2, -0.15) is 5.26 Å². The van der Waals surface area contributed by atoms with Crippen LogP contribution in [-0.4, -0.2) is 14.4 Å². The van der Waals surface area contributed by atoms with Crippen molar-refractivity contribution in [1.82, 2.24) is 14.4 Å². The highest BCUT2D eigenvalue weighted by Crippen LogP contribution is 2.05. The van der Waals surface area contributed by atoms with Crippen LogP contribution < -0.4 is 0 Å². The summed E-state index contributed by atoms with van der Waals surface area (Å²) in [4.78, 5) is 8.06. The molecular weight excluding hydrogens is 267 g/mol. The number of nitrogens with zero attached hydrogens (tertiary/aromatic N) is 4. The summed E-state index contributed by atoms with van der Waals surface area (Å²) < 4.78 is 2.66. The predicted octanol–water partition coefficient (Wildman–Crippen LogP) is 1.21. The molecule has 12 heavy (non-hydrogen) atoms. The topological polar surface area (TPSA) is 54.0 Å². The summed E-state index contributed by atoms with van der Waals surface area (Å²) in [6, 6.07) is 1.97. The van der Waals surface area contributed by atoms with Crippen LogP contribution in [0.5, 0.6) is 0 Å². The molecule has 2 heterocycles. The van der Waals surface area contributed by atoms with E-state index in [0.29, 0.717) is 11.3 Å². The van der Waals surface area contributed by atoms with Gasteiger partial charge in [-0.3, -0.25) is 0 Å².